The minimum Gasteiger partial charge on any atom is -0.496 e. The molecule has 1 fully saturated rings. The van der Waals surface area contributed by atoms with E-state index in [1.807, 2.05) is 32.9 Å². The summed E-state index contributed by atoms with van der Waals surface area (Å²) in [5, 5.41) is 13.6. The fourth-order valence-electron chi connectivity index (χ4n) is 5.56. The van der Waals surface area contributed by atoms with Crippen LogP contribution in [0, 0.1) is 0 Å². The van der Waals surface area contributed by atoms with E-state index in [-0.39, 0.29) is 24.0 Å². The molecule has 1 saturated heterocycles. The van der Waals surface area contributed by atoms with E-state index in [1.165, 1.54) is 5.56 Å². The summed E-state index contributed by atoms with van der Waals surface area (Å²) in [5.41, 5.74) is 3.60. The first kappa shape index (κ1) is 30.6. The Morgan fingerprint density at radius 2 is 1.88 bits per heavy atom. The third-order valence-corrected chi connectivity index (χ3v) is 7.76. The largest absolute Gasteiger partial charge is 0.496 e. The highest BCUT2D eigenvalue weighted by Crippen LogP contribution is 2.37. The molecule has 3 atom stereocenters. The molecule has 0 radical (unpaired) electrons. The van der Waals surface area contributed by atoms with Gasteiger partial charge in [0.25, 0.3) is 0 Å². The summed E-state index contributed by atoms with van der Waals surface area (Å²) in [7, 11) is 1.69. The van der Waals surface area contributed by atoms with Crippen molar-refractivity contribution in [3.8, 4) is 5.75 Å². The van der Waals surface area contributed by atoms with Crippen molar-refractivity contribution in [2.45, 2.75) is 77.1 Å². The molecular formula is C31H43N5O4S. The number of nitrogens with zero attached hydrogens (tertiary/aromatic N) is 1. The molecule has 2 aliphatic heterocycles. The van der Waals surface area contributed by atoms with E-state index in [4.69, 9.17) is 21.7 Å². The number of rotatable bonds is 8. The van der Waals surface area contributed by atoms with Gasteiger partial charge in [-0.3, -0.25) is 4.79 Å². The Hall–Kier alpha value is -3.37. The first-order valence-corrected chi connectivity index (χ1v) is 14.8. The summed E-state index contributed by atoms with van der Waals surface area (Å²) >= 11 is 5.88. The lowest BCUT2D eigenvalue weighted by molar-refractivity contribution is -0.116. The van der Waals surface area contributed by atoms with Gasteiger partial charge < -0.3 is 35.6 Å². The number of hydrogen-bond donors (Lipinski definition) is 4. The number of ether oxygens (including phenoxy) is 2. The van der Waals surface area contributed by atoms with Crippen LogP contribution in [0.1, 0.15) is 75.7 Å². The van der Waals surface area contributed by atoms with Crippen LogP contribution in [0.4, 0.5) is 10.5 Å². The Morgan fingerprint density at radius 1 is 1.15 bits per heavy atom. The number of likely N-dealkylation sites (tertiary alicyclic amines) is 1. The number of carbonyl (C=O) groups excluding carboxylic acids is 2. The van der Waals surface area contributed by atoms with Crippen LogP contribution in [0.25, 0.3) is 0 Å². The summed E-state index contributed by atoms with van der Waals surface area (Å²) in [6, 6.07) is 14.6. The van der Waals surface area contributed by atoms with Crippen molar-refractivity contribution in [2.75, 3.05) is 32.1 Å². The van der Waals surface area contributed by atoms with Crippen molar-refractivity contribution in [2.24, 2.45) is 0 Å². The highest BCUT2D eigenvalue weighted by molar-refractivity contribution is 7.80. The first-order chi connectivity index (χ1) is 19.6. The van der Waals surface area contributed by atoms with Gasteiger partial charge in [-0.1, -0.05) is 30.3 Å². The van der Waals surface area contributed by atoms with Crippen LogP contribution in [0.3, 0.4) is 0 Å². The molecule has 222 valence electrons. The molecule has 3 unspecified atom stereocenters. The number of methoxy groups -OCH3 is 1. The number of carbonyl (C=O) groups is 2. The van der Waals surface area contributed by atoms with Crippen LogP contribution >= 0.6 is 12.2 Å². The molecule has 2 aliphatic rings. The van der Waals surface area contributed by atoms with Gasteiger partial charge in [-0.25, -0.2) is 4.79 Å². The smallest absolute Gasteiger partial charge is 0.407 e. The predicted molar refractivity (Wildman–Crippen MR) is 165 cm³/mol. The lowest BCUT2D eigenvalue weighted by atomic mass is 9.89. The third-order valence-electron chi connectivity index (χ3n) is 7.38. The summed E-state index contributed by atoms with van der Waals surface area (Å²) in [6.07, 6.45) is 2.72. The van der Waals surface area contributed by atoms with Crippen LogP contribution < -0.4 is 26.0 Å². The standard InChI is InChI=1S/C31H43N5O4S/c1-20(23-19-25-22(18-26(23)39-5)13-14-27(37)35-25)34-24-12-9-17-36(28(24)21-10-7-6-8-11-21)29(41)32-15-16-33-30(38)40-31(2,3)4/h6-8,10-11,18-20,24,28,34H,9,12-17H2,1-5H3,(H,32,41)(H,33,38)(H,35,37). The number of anilines is 1. The Balaban J connectivity index is 1.48. The molecule has 2 aromatic rings. The minimum atomic E-state index is -0.542. The highest BCUT2D eigenvalue weighted by atomic mass is 32.1. The van der Waals surface area contributed by atoms with Gasteiger partial charge in [0, 0.05) is 49.4 Å². The molecular weight excluding hydrogens is 538 g/mol. The van der Waals surface area contributed by atoms with Crippen LogP contribution in [0.5, 0.6) is 5.75 Å². The van der Waals surface area contributed by atoms with Crippen molar-refractivity contribution < 1.29 is 19.1 Å². The predicted octanol–water partition coefficient (Wildman–Crippen LogP) is 4.84. The quantitative estimate of drug-likeness (QED) is 0.260. The molecule has 9 nitrogen and oxygen atoms in total. The van der Waals surface area contributed by atoms with Crippen molar-refractivity contribution in [1.82, 2.24) is 20.9 Å². The van der Waals surface area contributed by atoms with Gasteiger partial charge in [0.2, 0.25) is 5.91 Å². The average molecular weight is 582 g/mol. The van der Waals surface area contributed by atoms with Crippen LogP contribution in [0.15, 0.2) is 42.5 Å². The average Bonchev–Trinajstić information content (AvgIpc) is 2.93. The summed E-state index contributed by atoms with van der Waals surface area (Å²) in [6.45, 7) is 9.36. The monoisotopic (exact) mass is 581 g/mol. The fraction of sp³-hybridized carbons (Fsp3) is 0.516. The van der Waals surface area contributed by atoms with Gasteiger partial charge >= 0.3 is 6.09 Å². The first-order valence-electron chi connectivity index (χ1n) is 14.4. The van der Waals surface area contributed by atoms with E-state index in [0.29, 0.717) is 31.0 Å². The number of amides is 2. The maximum absolute atomic E-state index is 12.1. The molecule has 2 aromatic carbocycles. The Bertz CT molecular complexity index is 1230. The lowest BCUT2D eigenvalue weighted by Gasteiger charge is -2.44. The third kappa shape index (κ3) is 8.10. The zero-order valence-corrected chi connectivity index (χ0v) is 25.5. The molecule has 4 rings (SSSR count). The van der Waals surface area contributed by atoms with Gasteiger partial charge in [0.05, 0.1) is 13.2 Å². The summed E-state index contributed by atoms with van der Waals surface area (Å²) < 4.78 is 11.1. The van der Waals surface area contributed by atoms with Gasteiger partial charge in [-0.2, -0.15) is 0 Å². The molecule has 2 amide bonds. The van der Waals surface area contributed by atoms with Crippen LogP contribution in [-0.4, -0.2) is 60.4 Å². The van der Waals surface area contributed by atoms with Crippen LogP contribution in [0.2, 0.25) is 0 Å². The molecule has 0 spiro atoms. The fourth-order valence-corrected chi connectivity index (χ4v) is 5.87. The zero-order valence-electron chi connectivity index (χ0n) is 24.7. The zero-order chi connectivity index (χ0) is 29.6. The number of thiocarbonyl (C=S) groups is 1. The Labute approximate surface area is 248 Å². The molecule has 0 saturated carbocycles. The second-order valence-electron chi connectivity index (χ2n) is 11.6. The SMILES string of the molecule is COc1cc2c(cc1C(C)NC1CCCN(C(=S)NCCNC(=O)OC(C)(C)C)C1c1ccccc1)NC(=O)CC2. The number of hydrogen-bond acceptors (Lipinski definition) is 6. The molecule has 0 aromatic heterocycles. The number of aryl methyl sites for hydroxylation is 1. The lowest BCUT2D eigenvalue weighted by Crippen LogP contribution is -2.54. The van der Waals surface area contributed by atoms with E-state index in [9.17, 15) is 9.59 Å². The second kappa shape index (κ2) is 13.5. The highest BCUT2D eigenvalue weighted by Gasteiger charge is 2.35. The van der Waals surface area contributed by atoms with Gasteiger partial charge in [0.1, 0.15) is 11.4 Å². The van der Waals surface area contributed by atoms with Crippen molar-refractivity contribution >= 4 is 35.0 Å². The normalized spacial score (nSPS) is 19.4. The van der Waals surface area contributed by atoms with Gasteiger partial charge in [-0.05, 0) is 82.4 Å². The van der Waals surface area contributed by atoms with E-state index in [2.05, 4.69) is 63.4 Å². The summed E-state index contributed by atoms with van der Waals surface area (Å²) in [4.78, 5) is 26.3. The maximum Gasteiger partial charge on any atom is 0.407 e. The molecule has 0 bridgehead atoms. The topological polar surface area (TPSA) is 104 Å². The number of alkyl carbamates (subject to hydrolysis) is 1. The van der Waals surface area contributed by atoms with E-state index in [1.54, 1.807) is 7.11 Å². The summed E-state index contributed by atoms with van der Waals surface area (Å²) in [5.74, 6) is 0.863. The molecule has 0 aliphatic carbocycles. The minimum absolute atomic E-state index is 0.00883. The van der Waals surface area contributed by atoms with E-state index >= 15 is 0 Å². The molecule has 4 N–H and O–H groups in total. The number of fused-ring (bicyclic) bond motifs is 1. The molecule has 41 heavy (non-hydrogen) atoms. The van der Waals surface area contributed by atoms with Crippen LogP contribution in [-0.2, 0) is 16.0 Å². The number of nitrogens with one attached hydrogen (secondary N) is 4. The van der Waals surface area contributed by atoms with Crippen molar-refractivity contribution in [3.63, 3.8) is 0 Å². The van der Waals surface area contributed by atoms with Crippen molar-refractivity contribution in [1.29, 1.82) is 0 Å². The van der Waals surface area contributed by atoms with E-state index < -0.39 is 11.7 Å². The van der Waals surface area contributed by atoms with Crippen molar-refractivity contribution in [3.05, 3.63) is 59.2 Å². The van der Waals surface area contributed by atoms with E-state index in [0.717, 1.165) is 42.0 Å². The molecule has 10 heteroatoms. The second-order valence-corrected chi connectivity index (χ2v) is 12.0. The Morgan fingerprint density at radius 3 is 2.59 bits per heavy atom. The Kier molecular flexibility index (Phi) is 10.1. The number of piperidine rings is 1. The maximum atomic E-state index is 12.1. The number of benzene rings is 2. The van der Waals surface area contributed by atoms with Gasteiger partial charge in [-0.15, -0.1) is 0 Å². The molecule has 2 heterocycles. The van der Waals surface area contributed by atoms with Gasteiger partial charge in [0.15, 0.2) is 5.11 Å².